The van der Waals surface area contributed by atoms with Crippen LogP contribution in [0.1, 0.15) is 36.5 Å². The van der Waals surface area contributed by atoms with Gasteiger partial charge in [-0.1, -0.05) is 72.8 Å². The summed E-state index contributed by atoms with van der Waals surface area (Å²) in [7, 11) is 3.88. The predicted octanol–water partition coefficient (Wildman–Crippen LogP) is 5.18. The van der Waals surface area contributed by atoms with Gasteiger partial charge in [0.15, 0.2) is 0 Å². The first-order valence-electron chi connectivity index (χ1n) is 14.9. The second-order valence-corrected chi connectivity index (χ2v) is 11.2. The largest absolute Gasteiger partial charge is 0.461 e. The molecule has 4 rings (SSSR count). The van der Waals surface area contributed by atoms with Crippen LogP contribution in [-0.4, -0.2) is 67.1 Å². The summed E-state index contributed by atoms with van der Waals surface area (Å²) in [5.41, 5.74) is 3.98. The van der Waals surface area contributed by atoms with Gasteiger partial charge in [0.25, 0.3) is 5.69 Å². The molecule has 10 heteroatoms. The van der Waals surface area contributed by atoms with Gasteiger partial charge in [0.2, 0.25) is 0 Å². The summed E-state index contributed by atoms with van der Waals surface area (Å²) in [6.07, 6.45) is 0. The normalized spacial score (nSPS) is 13.6. The van der Waals surface area contributed by atoms with Gasteiger partial charge in [-0.25, -0.2) is 9.59 Å². The fraction of sp³-hybridized carbons (Fsp3) is 0.314. The second kappa shape index (κ2) is 15.8. The van der Waals surface area contributed by atoms with E-state index in [1.54, 1.807) is 26.0 Å². The van der Waals surface area contributed by atoms with E-state index in [4.69, 9.17) is 9.47 Å². The van der Waals surface area contributed by atoms with E-state index in [0.29, 0.717) is 43.1 Å². The Bertz CT molecular complexity index is 1470. The van der Waals surface area contributed by atoms with E-state index < -0.39 is 22.8 Å². The average Bonchev–Trinajstić information content (AvgIpc) is 3.01. The number of nitro groups is 1. The first-order valence-corrected chi connectivity index (χ1v) is 14.9. The Morgan fingerprint density at radius 3 is 1.67 bits per heavy atom. The van der Waals surface area contributed by atoms with Crippen molar-refractivity contribution in [2.45, 2.75) is 32.9 Å². The van der Waals surface area contributed by atoms with Crippen molar-refractivity contribution < 1.29 is 24.0 Å². The Hall–Kier alpha value is -4.80. The highest BCUT2D eigenvalue weighted by atomic mass is 16.6. The maximum Gasteiger partial charge on any atom is 0.336 e. The van der Waals surface area contributed by atoms with Crippen LogP contribution in [0.15, 0.2) is 107 Å². The summed E-state index contributed by atoms with van der Waals surface area (Å²) < 4.78 is 11.5. The van der Waals surface area contributed by atoms with Gasteiger partial charge in [0.1, 0.15) is 13.2 Å². The summed E-state index contributed by atoms with van der Waals surface area (Å²) >= 11 is 0. The number of non-ortho nitro benzene ring substituents is 1. The maximum absolute atomic E-state index is 13.6. The fourth-order valence-electron chi connectivity index (χ4n) is 5.38. The SMILES string of the molecule is CC1=C(C(=O)OCCN(C)Cc2ccccc2)C(c2cccc([N+](=O)[O-])c2)C(C(=O)OCCN(C)Cc2ccccc2)=C(C)N1. The van der Waals surface area contributed by atoms with Crippen LogP contribution in [-0.2, 0) is 32.2 Å². The first-order chi connectivity index (χ1) is 21.6. The molecule has 0 saturated heterocycles. The molecular weight excluding hydrogens is 572 g/mol. The number of nitrogens with zero attached hydrogens (tertiary/aromatic N) is 3. The molecule has 45 heavy (non-hydrogen) atoms. The smallest absolute Gasteiger partial charge is 0.336 e. The third-order valence-corrected chi connectivity index (χ3v) is 7.62. The zero-order chi connectivity index (χ0) is 32.3. The van der Waals surface area contributed by atoms with Crippen LogP contribution in [0.5, 0.6) is 0 Å². The summed E-state index contributed by atoms with van der Waals surface area (Å²) in [5, 5.41) is 14.8. The standard InChI is InChI=1S/C35H40N4O6/c1-25-31(34(40)44-20-18-37(3)23-27-12-7-5-8-13-27)33(29-16-11-17-30(22-29)39(42)43)32(26(2)36-25)35(41)45-21-19-38(4)24-28-14-9-6-10-15-28/h5-17,22,33,36H,18-21,23-24H2,1-4H3. The van der Waals surface area contributed by atoms with Gasteiger partial charge < -0.3 is 14.8 Å². The molecule has 0 aliphatic carbocycles. The molecule has 0 unspecified atom stereocenters. The fourth-order valence-corrected chi connectivity index (χ4v) is 5.38. The monoisotopic (exact) mass is 612 g/mol. The van der Waals surface area contributed by atoms with E-state index in [0.717, 1.165) is 11.1 Å². The molecule has 1 heterocycles. The van der Waals surface area contributed by atoms with Crippen molar-refractivity contribution in [3.63, 3.8) is 0 Å². The zero-order valence-corrected chi connectivity index (χ0v) is 26.2. The lowest BCUT2D eigenvalue weighted by Gasteiger charge is -2.30. The number of likely N-dealkylation sites (N-methyl/N-ethyl adjacent to an activating group) is 2. The van der Waals surface area contributed by atoms with Crippen LogP contribution >= 0.6 is 0 Å². The van der Waals surface area contributed by atoms with Crippen molar-refractivity contribution in [1.29, 1.82) is 0 Å². The van der Waals surface area contributed by atoms with Gasteiger partial charge in [-0.15, -0.1) is 0 Å². The van der Waals surface area contributed by atoms with E-state index in [-0.39, 0.29) is 30.0 Å². The van der Waals surface area contributed by atoms with Crippen molar-refractivity contribution in [3.8, 4) is 0 Å². The lowest BCUT2D eigenvalue weighted by Crippen LogP contribution is -2.34. The maximum atomic E-state index is 13.6. The molecule has 3 aromatic rings. The molecule has 0 saturated carbocycles. The van der Waals surface area contributed by atoms with Crippen molar-refractivity contribution in [2.24, 2.45) is 0 Å². The van der Waals surface area contributed by atoms with Crippen LogP contribution in [0.25, 0.3) is 0 Å². The molecule has 0 spiro atoms. The van der Waals surface area contributed by atoms with E-state index in [2.05, 4.69) is 5.32 Å². The summed E-state index contributed by atoms with van der Waals surface area (Å²) in [5.74, 6) is -2.13. The molecule has 0 radical (unpaired) electrons. The Morgan fingerprint density at radius 2 is 1.22 bits per heavy atom. The molecule has 0 amide bonds. The molecule has 236 valence electrons. The Labute approximate surface area is 264 Å². The minimum atomic E-state index is -0.921. The van der Waals surface area contributed by atoms with Crippen molar-refractivity contribution in [2.75, 3.05) is 40.4 Å². The number of nitro benzene ring substituents is 1. The molecule has 0 fully saturated rings. The van der Waals surface area contributed by atoms with Crippen LogP contribution in [0.2, 0.25) is 0 Å². The minimum absolute atomic E-state index is 0.122. The summed E-state index contributed by atoms with van der Waals surface area (Å²) in [6.45, 7) is 6.06. The van der Waals surface area contributed by atoms with Crippen LogP contribution < -0.4 is 5.32 Å². The number of rotatable bonds is 14. The number of carbonyl (C=O) groups excluding carboxylic acids is 2. The molecule has 0 aromatic heterocycles. The van der Waals surface area contributed by atoms with Crippen LogP contribution in [0.4, 0.5) is 5.69 Å². The first kappa shape index (κ1) is 33.1. The highest BCUT2D eigenvalue weighted by Crippen LogP contribution is 2.40. The van der Waals surface area contributed by atoms with Crippen LogP contribution in [0, 0.1) is 10.1 Å². The molecule has 3 aromatic carbocycles. The van der Waals surface area contributed by atoms with Gasteiger partial charge in [0.05, 0.1) is 22.0 Å². The van der Waals surface area contributed by atoms with Gasteiger partial charge in [0, 0.05) is 49.7 Å². The van der Waals surface area contributed by atoms with Gasteiger partial charge in [-0.2, -0.15) is 0 Å². The van der Waals surface area contributed by atoms with Crippen molar-refractivity contribution in [3.05, 3.63) is 134 Å². The summed E-state index contributed by atoms with van der Waals surface area (Å²) in [4.78, 5) is 42.5. The third kappa shape index (κ3) is 9.10. The van der Waals surface area contributed by atoms with Gasteiger partial charge in [-0.05, 0) is 44.6 Å². The molecular formula is C35H40N4O6. The molecule has 1 aliphatic heterocycles. The number of benzene rings is 3. The van der Waals surface area contributed by atoms with Crippen molar-refractivity contribution in [1.82, 2.24) is 15.1 Å². The number of hydrogen-bond donors (Lipinski definition) is 1. The summed E-state index contributed by atoms with van der Waals surface area (Å²) in [6, 6.07) is 25.9. The van der Waals surface area contributed by atoms with E-state index >= 15 is 0 Å². The number of ether oxygens (including phenoxy) is 2. The zero-order valence-electron chi connectivity index (χ0n) is 26.2. The second-order valence-electron chi connectivity index (χ2n) is 11.2. The number of carbonyl (C=O) groups is 2. The Kier molecular flexibility index (Phi) is 11.6. The average molecular weight is 613 g/mol. The van der Waals surface area contributed by atoms with E-state index in [1.807, 2.05) is 84.6 Å². The van der Waals surface area contributed by atoms with Gasteiger partial charge in [-0.3, -0.25) is 19.9 Å². The molecule has 0 atom stereocenters. The molecule has 1 N–H and O–H groups in total. The molecule has 1 aliphatic rings. The number of hydrogen-bond acceptors (Lipinski definition) is 9. The highest BCUT2D eigenvalue weighted by molar-refractivity contribution is 6.00. The molecule has 10 nitrogen and oxygen atoms in total. The molecule has 0 bridgehead atoms. The highest BCUT2D eigenvalue weighted by Gasteiger charge is 2.38. The Balaban J connectivity index is 1.50. The minimum Gasteiger partial charge on any atom is -0.461 e. The number of nitrogens with one attached hydrogen (secondary N) is 1. The quantitative estimate of drug-likeness (QED) is 0.149. The van der Waals surface area contributed by atoms with Crippen LogP contribution in [0.3, 0.4) is 0 Å². The third-order valence-electron chi connectivity index (χ3n) is 7.62. The van der Waals surface area contributed by atoms with Gasteiger partial charge >= 0.3 is 11.9 Å². The van der Waals surface area contributed by atoms with E-state index in [1.165, 1.54) is 12.1 Å². The lowest BCUT2D eigenvalue weighted by molar-refractivity contribution is -0.384. The van der Waals surface area contributed by atoms with Crippen molar-refractivity contribution >= 4 is 17.6 Å². The predicted molar refractivity (Wildman–Crippen MR) is 172 cm³/mol. The Morgan fingerprint density at radius 1 is 0.756 bits per heavy atom. The lowest BCUT2D eigenvalue weighted by atomic mass is 9.80. The number of allylic oxidation sites excluding steroid dienone is 2. The number of dihydropyridines is 1. The number of esters is 2. The topological polar surface area (TPSA) is 114 Å². The van der Waals surface area contributed by atoms with E-state index in [9.17, 15) is 19.7 Å².